The van der Waals surface area contributed by atoms with Gasteiger partial charge in [0.1, 0.15) is 0 Å². The lowest BCUT2D eigenvalue weighted by atomic mass is 10.1. The van der Waals surface area contributed by atoms with E-state index in [1.807, 2.05) is 13.8 Å². The SMILES string of the molecule is Cc1nn(C)c(C)c1CN(C)C(=O)c1cc2nc(-c3ccc4c(c3)OCO4)cc(C(F)(F)F)n2n1. The van der Waals surface area contributed by atoms with Crippen molar-refractivity contribution in [2.45, 2.75) is 26.6 Å². The van der Waals surface area contributed by atoms with E-state index in [1.54, 1.807) is 37.0 Å². The van der Waals surface area contributed by atoms with E-state index in [4.69, 9.17) is 9.47 Å². The van der Waals surface area contributed by atoms with Crippen LogP contribution in [0.15, 0.2) is 30.3 Å². The summed E-state index contributed by atoms with van der Waals surface area (Å²) in [4.78, 5) is 18.8. The normalized spacial score (nSPS) is 13.0. The number of aryl methyl sites for hydroxylation is 2. The molecule has 0 radical (unpaired) electrons. The molecule has 1 amide bonds. The minimum atomic E-state index is -4.73. The third kappa shape index (κ3) is 3.94. The van der Waals surface area contributed by atoms with E-state index in [2.05, 4.69) is 15.2 Å². The summed E-state index contributed by atoms with van der Waals surface area (Å²) in [5.74, 6) is 0.394. The average Bonchev–Trinajstić information content (AvgIpc) is 3.50. The van der Waals surface area contributed by atoms with Gasteiger partial charge in [-0.05, 0) is 38.1 Å². The maximum Gasteiger partial charge on any atom is 0.433 e. The molecule has 0 unspecified atom stereocenters. The van der Waals surface area contributed by atoms with Crippen molar-refractivity contribution < 1.29 is 27.4 Å². The standard InChI is InChI=1S/C23H21F3N6O3/c1-12-15(13(2)31(4)28-12)10-30(3)22(33)17-9-21-27-16(8-20(23(24,25)26)32(21)29-17)14-5-6-18-19(7-14)35-11-34-18/h5-9H,10-11H2,1-4H3. The van der Waals surface area contributed by atoms with Crippen molar-refractivity contribution in [2.24, 2.45) is 7.05 Å². The number of alkyl halides is 3. The molecule has 0 bridgehead atoms. The molecule has 1 aliphatic rings. The number of nitrogens with zero attached hydrogens (tertiary/aromatic N) is 6. The van der Waals surface area contributed by atoms with Crippen LogP contribution in [0.25, 0.3) is 16.9 Å². The molecular weight excluding hydrogens is 465 g/mol. The highest BCUT2D eigenvalue weighted by atomic mass is 19.4. The molecule has 0 spiro atoms. The van der Waals surface area contributed by atoms with E-state index in [-0.39, 0.29) is 30.4 Å². The van der Waals surface area contributed by atoms with Crippen molar-refractivity contribution in [3.63, 3.8) is 0 Å². The number of halogens is 3. The highest BCUT2D eigenvalue weighted by molar-refractivity contribution is 5.93. The van der Waals surface area contributed by atoms with Gasteiger partial charge < -0.3 is 14.4 Å². The molecule has 5 rings (SSSR count). The summed E-state index contributed by atoms with van der Waals surface area (Å²) in [6.07, 6.45) is -4.73. The van der Waals surface area contributed by atoms with Crippen LogP contribution in [-0.2, 0) is 19.8 Å². The van der Waals surface area contributed by atoms with Gasteiger partial charge in [0, 0.05) is 43.5 Å². The number of ether oxygens (including phenoxy) is 2. The summed E-state index contributed by atoms with van der Waals surface area (Å²) in [6.45, 7) is 4.00. The van der Waals surface area contributed by atoms with Crippen LogP contribution in [0.2, 0.25) is 0 Å². The summed E-state index contributed by atoms with van der Waals surface area (Å²) >= 11 is 0. The van der Waals surface area contributed by atoms with Gasteiger partial charge in [0.2, 0.25) is 6.79 Å². The van der Waals surface area contributed by atoms with E-state index in [1.165, 1.54) is 11.0 Å². The Kier molecular flexibility index (Phi) is 5.18. The fourth-order valence-corrected chi connectivity index (χ4v) is 4.04. The molecule has 1 aliphatic heterocycles. The van der Waals surface area contributed by atoms with Crippen LogP contribution in [0.4, 0.5) is 13.2 Å². The second kappa shape index (κ2) is 8.00. The minimum Gasteiger partial charge on any atom is -0.454 e. The van der Waals surface area contributed by atoms with Gasteiger partial charge in [0.15, 0.2) is 28.5 Å². The van der Waals surface area contributed by atoms with Gasteiger partial charge >= 0.3 is 6.18 Å². The van der Waals surface area contributed by atoms with Gasteiger partial charge in [0.25, 0.3) is 5.91 Å². The van der Waals surface area contributed by atoms with Crippen molar-refractivity contribution >= 4 is 11.6 Å². The Hall–Kier alpha value is -4.09. The second-order valence-electron chi connectivity index (χ2n) is 8.33. The Bertz CT molecular complexity index is 1470. The van der Waals surface area contributed by atoms with Crippen LogP contribution in [-0.4, -0.2) is 49.0 Å². The molecule has 3 aromatic heterocycles. The molecule has 0 fully saturated rings. The first-order chi connectivity index (χ1) is 16.5. The number of hydrogen-bond acceptors (Lipinski definition) is 6. The number of aromatic nitrogens is 5. The molecule has 1 aromatic carbocycles. The first-order valence-electron chi connectivity index (χ1n) is 10.7. The zero-order valence-electron chi connectivity index (χ0n) is 19.3. The van der Waals surface area contributed by atoms with E-state index in [0.717, 1.165) is 23.0 Å². The fourth-order valence-electron chi connectivity index (χ4n) is 4.04. The van der Waals surface area contributed by atoms with Gasteiger partial charge in [0.05, 0.1) is 11.4 Å². The topological polar surface area (TPSA) is 86.8 Å². The van der Waals surface area contributed by atoms with Crippen molar-refractivity contribution in [1.29, 1.82) is 0 Å². The lowest BCUT2D eigenvalue weighted by molar-refractivity contribution is -0.142. The first kappa shape index (κ1) is 22.7. The molecule has 4 aromatic rings. The summed E-state index contributed by atoms with van der Waals surface area (Å²) in [5.41, 5.74) is 1.72. The van der Waals surface area contributed by atoms with Gasteiger partial charge in [-0.3, -0.25) is 9.48 Å². The zero-order valence-corrected chi connectivity index (χ0v) is 19.3. The van der Waals surface area contributed by atoms with Gasteiger partial charge in [-0.2, -0.15) is 23.4 Å². The van der Waals surface area contributed by atoms with Crippen molar-refractivity contribution in [3.8, 4) is 22.8 Å². The molecule has 9 nitrogen and oxygen atoms in total. The monoisotopic (exact) mass is 486 g/mol. The van der Waals surface area contributed by atoms with Gasteiger partial charge in [-0.1, -0.05) is 0 Å². The summed E-state index contributed by atoms with van der Waals surface area (Å²) in [6, 6.07) is 6.93. The Morgan fingerprint density at radius 3 is 2.54 bits per heavy atom. The predicted molar refractivity (Wildman–Crippen MR) is 118 cm³/mol. The van der Waals surface area contributed by atoms with Crippen LogP contribution < -0.4 is 9.47 Å². The third-order valence-electron chi connectivity index (χ3n) is 6.01. The van der Waals surface area contributed by atoms with Crippen LogP contribution in [0, 0.1) is 13.8 Å². The predicted octanol–water partition coefficient (Wildman–Crippen LogP) is 3.77. The molecule has 12 heteroatoms. The minimum absolute atomic E-state index is 0.0404. The fraction of sp³-hybridized carbons (Fsp3) is 0.304. The number of hydrogen-bond donors (Lipinski definition) is 0. The van der Waals surface area contributed by atoms with E-state index < -0.39 is 17.8 Å². The van der Waals surface area contributed by atoms with Crippen molar-refractivity contribution in [2.75, 3.05) is 13.8 Å². The van der Waals surface area contributed by atoms with Gasteiger partial charge in [-0.15, -0.1) is 0 Å². The molecule has 0 aliphatic carbocycles. The Morgan fingerprint density at radius 2 is 1.86 bits per heavy atom. The van der Waals surface area contributed by atoms with Crippen LogP contribution in [0.5, 0.6) is 11.5 Å². The van der Waals surface area contributed by atoms with Crippen molar-refractivity contribution in [3.05, 3.63) is 58.7 Å². The Balaban J connectivity index is 1.54. The number of fused-ring (bicyclic) bond motifs is 2. The lowest BCUT2D eigenvalue weighted by Gasteiger charge is -2.16. The third-order valence-corrected chi connectivity index (χ3v) is 6.01. The lowest BCUT2D eigenvalue weighted by Crippen LogP contribution is -2.27. The van der Waals surface area contributed by atoms with E-state index in [9.17, 15) is 18.0 Å². The summed E-state index contributed by atoms with van der Waals surface area (Å²) in [7, 11) is 3.37. The highest BCUT2D eigenvalue weighted by Gasteiger charge is 2.36. The van der Waals surface area contributed by atoms with E-state index in [0.29, 0.717) is 21.6 Å². The first-order valence-corrected chi connectivity index (χ1v) is 10.7. The van der Waals surface area contributed by atoms with Crippen LogP contribution >= 0.6 is 0 Å². The highest BCUT2D eigenvalue weighted by Crippen LogP contribution is 2.37. The number of rotatable bonds is 4. The average molecular weight is 486 g/mol. The van der Waals surface area contributed by atoms with Crippen molar-refractivity contribution in [1.82, 2.24) is 29.3 Å². The summed E-state index contributed by atoms with van der Waals surface area (Å²) in [5, 5.41) is 8.30. The smallest absolute Gasteiger partial charge is 0.433 e. The number of carbonyl (C=O) groups is 1. The quantitative estimate of drug-likeness (QED) is 0.437. The summed E-state index contributed by atoms with van der Waals surface area (Å²) < 4.78 is 54.8. The number of amides is 1. The van der Waals surface area contributed by atoms with Crippen LogP contribution in [0.1, 0.15) is 33.1 Å². The molecule has 0 saturated carbocycles. The van der Waals surface area contributed by atoms with E-state index >= 15 is 0 Å². The molecule has 4 heterocycles. The zero-order chi connectivity index (χ0) is 25.1. The second-order valence-corrected chi connectivity index (χ2v) is 8.33. The maximum absolute atomic E-state index is 13.9. The molecule has 0 atom stereocenters. The maximum atomic E-state index is 13.9. The molecular formula is C23H21F3N6O3. The van der Waals surface area contributed by atoms with Gasteiger partial charge in [-0.25, -0.2) is 9.50 Å². The molecule has 182 valence electrons. The van der Waals surface area contributed by atoms with Crippen LogP contribution in [0.3, 0.4) is 0 Å². The number of benzene rings is 1. The largest absolute Gasteiger partial charge is 0.454 e. The molecule has 35 heavy (non-hydrogen) atoms. The number of carbonyl (C=O) groups excluding carboxylic acids is 1. The molecule has 0 N–H and O–H groups in total. The molecule has 0 saturated heterocycles. The Labute approximate surface area is 197 Å². The Morgan fingerprint density at radius 1 is 1.11 bits per heavy atom.